The van der Waals surface area contributed by atoms with Crippen LogP contribution >= 0.6 is 0 Å². The highest BCUT2D eigenvalue weighted by molar-refractivity contribution is 6.04. The molecule has 31 heavy (non-hydrogen) atoms. The van der Waals surface area contributed by atoms with Crippen LogP contribution < -0.4 is 5.32 Å². The van der Waals surface area contributed by atoms with E-state index in [-0.39, 0.29) is 41.8 Å². The summed E-state index contributed by atoms with van der Waals surface area (Å²) in [5.74, 6) is -0.742. The van der Waals surface area contributed by atoms with E-state index in [1.54, 1.807) is 18.9 Å². The fourth-order valence-corrected chi connectivity index (χ4v) is 4.47. The van der Waals surface area contributed by atoms with Gasteiger partial charge in [-0.2, -0.15) is 0 Å². The smallest absolute Gasteiger partial charge is 0.327 e. The second kappa shape index (κ2) is 8.69. The Kier molecular flexibility index (Phi) is 6.38. The molecule has 0 saturated carbocycles. The molecule has 0 aromatic heterocycles. The molecule has 8 nitrogen and oxygen atoms in total. The van der Waals surface area contributed by atoms with E-state index in [0.29, 0.717) is 6.42 Å². The molecule has 0 radical (unpaired) electrons. The van der Waals surface area contributed by atoms with Gasteiger partial charge in [-0.3, -0.25) is 19.3 Å². The predicted octanol–water partition coefficient (Wildman–Crippen LogP) is 2.16. The lowest BCUT2D eigenvalue weighted by Crippen LogP contribution is -2.46. The van der Waals surface area contributed by atoms with Crippen molar-refractivity contribution in [2.45, 2.75) is 71.2 Å². The molecule has 1 aromatic carbocycles. The van der Waals surface area contributed by atoms with Crippen LogP contribution in [0.3, 0.4) is 0 Å². The molecule has 2 aliphatic rings. The molecule has 0 spiro atoms. The Morgan fingerprint density at radius 2 is 1.68 bits per heavy atom. The van der Waals surface area contributed by atoms with Gasteiger partial charge in [0.25, 0.3) is 5.91 Å². The summed E-state index contributed by atoms with van der Waals surface area (Å²) < 4.78 is 0. The summed E-state index contributed by atoms with van der Waals surface area (Å²) in [5.41, 5.74) is 0.878. The largest absolute Gasteiger partial charge is 0.345 e. The molecule has 5 amide bonds. The first-order valence-corrected chi connectivity index (χ1v) is 10.8. The molecule has 2 saturated heterocycles. The summed E-state index contributed by atoms with van der Waals surface area (Å²) in [5, 5.41) is 2.71. The summed E-state index contributed by atoms with van der Waals surface area (Å²) in [7, 11) is 1.69. The van der Waals surface area contributed by atoms with Gasteiger partial charge in [0, 0.05) is 14.0 Å². The number of nitrogens with zero attached hydrogens (tertiary/aromatic N) is 3. The Morgan fingerprint density at radius 1 is 1.06 bits per heavy atom. The van der Waals surface area contributed by atoms with Gasteiger partial charge in [-0.25, -0.2) is 4.79 Å². The van der Waals surface area contributed by atoms with Crippen LogP contribution in [0.25, 0.3) is 0 Å². The highest BCUT2D eigenvalue weighted by Gasteiger charge is 2.59. The lowest BCUT2D eigenvalue weighted by atomic mass is 10.00. The summed E-state index contributed by atoms with van der Waals surface area (Å²) in [6.07, 6.45) is 0.484. The average molecular weight is 429 g/mol. The van der Waals surface area contributed by atoms with Crippen molar-refractivity contribution in [1.82, 2.24) is 20.0 Å². The van der Waals surface area contributed by atoms with E-state index >= 15 is 0 Å². The molecule has 168 valence electrons. The van der Waals surface area contributed by atoms with Gasteiger partial charge in [0.2, 0.25) is 11.8 Å². The second-order valence-electron chi connectivity index (χ2n) is 9.01. The van der Waals surface area contributed by atoms with Crippen molar-refractivity contribution in [3.8, 4) is 0 Å². The summed E-state index contributed by atoms with van der Waals surface area (Å²) in [6, 6.07) is 6.78. The molecular weight excluding hydrogens is 396 g/mol. The van der Waals surface area contributed by atoms with Crippen molar-refractivity contribution in [3.05, 3.63) is 35.9 Å². The van der Waals surface area contributed by atoms with E-state index in [4.69, 9.17) is 0 Å². The van der Waals surface area contributed by atoms with Crippen LogP contribution in [0.4, 0.5) is 4.79 Å². The van der Waals surface area contributed by atoms with Crippen LogP contribution in [0, 0.1) is 5.92 Å². The van der Waals surface area contributed by atoms with Crippen LogP contribution in [0.1, 0.15) is 52.6 Å². The number of urea groups is 1. The minimum atomic E-state index is -0.704. The molecule has 1 aromatic rings. The highest BCUT2D eigenvalue weighted by Crippen LogP contribution is 2.39. The van der Waals surface area contributed by atoms with Crippen LogP contribution in [0.2, 0.25) is 0 Å². The van der Waals surface area contributed by atoms with Gasteiger partial charge in [0.1, 0.15) is 12.1 Å². The van der Waals surface area contributed by atoms with Gasteiger partial charge < -0.3 is 15.1 Å². The number of imide groups is 1. The minimum Gasteiger partial charge on any atom is -0.345 e. The van der Waals surface area contributed by atoms with Gasteiger partial charge in [-0.1, -0.05) is 44.2 Å². The lowest BCUT2D eigenvalue weighted by Gasteiger charge is -2.24. The Hall–Kier alpha value is -2.90. The van der Waals surface area contributed by atoms with Crippen LogP contribution in [-0.4, -0.2) is 69.7 Å². The van der Waals surface area contributed by atoms with Crippen molar-refractivity contribution in [3.63, 3.8) is 0 Å². The van der Waals surface area contributed by atoms with E-state index in [2.05, 4.69) is 5.32 Å². The Balaban J connectivity index is 1.83. The van der Waals surface area contributed by atoms with E-state index < -0.39 is 18.1 Å². The average Bonchev–Trinajstić information content (AvgIpc) is 3.33. The van der Waals surface area contributed by atoms with Gasteiger partial charge in [0.05, 0.1) is 18.1 Å². The number of benzene rings is 1. The fourth-order valence-electron chi connectivity index (χ4n) is 4.47. The summed E-state index contributed by atoms with van der Waals surface area (Å²) >= 11 is 0. The zero-order valence-electron chi connectivity index (χ0n) is 19.0. The first-order chi connectivity index (χ1) is 14.6. The summed E-state index contributed by atoms with van der Waals surface area (Å²) in [4.78, 5) is 55.5. The number of nitrogens with one attached hydrogen (secondary N) is 1. The maximum Gasteiger partial charge on any atom is 0.327 e. The third-order valence-electron chi connectivity index (χ3n) is 6.23. The van der Waals surface area contributed by atoms with Gasteiger partial charge in [0.15, 0.2) is 0 Å². The van der Waals surface area contributed by atoms with E-state index in [1.165, 1.54) is 16.7 Å². The van der Waals surface area contributed by atoms with Gasteiger partial charge in [-0.15, -0.1) is 0 Å². The number of carbonyl (C=O) groups excluding carboxylic acids is 4. The highest BCUT2D eigenvalue weighted by atomic mass is 16.2. The van der Waals surface area contributed by atoms with E-state index in [1.807, 2.05) is 51.1 Å². The van der Waals surface area contributed by atoms with Crippen molar-refractivity contribution in [2.75, 3.05) is 7.05 Å². The monoisotopic (exact) mass is 428 g/mol. The number of likely N-dealkylation sites (N-methyl/N-ethyl adjacent to an activating group) is 1. The van der Waals surface area contributed by atoms with Crippen molar-refractivity contribution in [1.29, 1.82) is 0 Å². The molecular formula is C23H32N4O4. The van der Waals surface area contributed by atoms with Crippen molar-refractivity contribution < 1.29 is 19.2 Å². The maximum atomic E-state index is 13.5. The predicted molar refractivity (Wildman–Crippen MR) is 116 cm³/mol. The van der Waals surface area contributed by atoms with Crippen LogP contribution in [0.5, 0.6) is 0 Å². The quantitative estimate of drug-likeness (QED) is 0.703. The number of amides is 5. The number of hydrogen-bond donors (Lipinski definition) is 1. The normalized spacial score (nSPS) is 26.3. The topological polar surface area (TPSA) is 89.8 Å². The van der Waals surface area contributed by atoms with Crippen molar-refractivity contribution >= 4 is 23.8 Å². The molecule has 1 N–H and O–H groups in total. The van der Waals surface area contributed by atoms with Gasteiger partial charge >= 0.3 is 6.03 Å². The van der Waals surface area contributed by atoms with Crippen LogP contribution in [-0.2, 0) is 14.4 Å². The number of rotatable bonds is 6. The first-order valence-electron chi connectivity index (χ1n) is 10.8. The Bertz CT molecular complexity index is 872. The van der Waals surface area contributed by atoms with E-state index in [0.717, 1.165) is 5.56 Å². The third-order valence-corrected chi connectivity index (χ3v) is 6.23. The molecule has 0 bridgehead atoms. The standard InChI is InChI=1S/C23H32N4O4/c1-13(2)12-18(24-16(5)28)21(29)26-15(4)20(26)22(30)27-19(14(3)25(6)23(27)31)17-10-8-7-9-11-17/h7-11,13-15,18-20H,12H2,1-6H3,(H,24,28)/t14-,15-,18-,19-,20+,26?/m0/s1. The third kappa shape index (κ3) is 4.29. The molecule has 0 unspecified atom stereocenters. The molecule has 0 aliphatic carbocycles. The SMILES string of the molecule is CC(=O)N[C@@H](CC(C)C)C(=O)N1[C@@H](C)[C@@H]1C(=O)N1C(=O)N(C)[C@@H](C)[C@H]1c1ccccc1. The summed E-state index contributed by atoms with van der Waals surface area (Å²) in [6.45, 7) is 9.03. The molecule has 3 rings (SSSR count). The van der Waals surface area contributed by atoms with E-state index in [9.17, 15) is 19.2 Å². The lowest BCUT2D eigenvalue weighted by molar-refractivity contribution is -0.136. The van der Waals surface area contributed by atoms with Gasteiger partial charge in [-0.05, 0) is 31.7 Å². The Labute approximate surface area is 183 Å². The fraction of sp³-hybridized carbons (Fsp3) is 0.565. The second-order valence-corrected chi connectivity index (χ2v) is 9.01. The molecule has 2 aliphatic heterocycles. The molecule has 5 atom stereocenters. The minimum absolute atomic E-state index is 0.190. The molecule has 2 heterocycles. The molecule has 8 heteroatoms. The van der Waals surface area contributed by atoms with Crippen LogP contribution in [0.15, 0.2) is 30.3 Å². The maximum absolute atomic E-state index is 13.5. The first kappa shape index (κ1) is 22.8. The Morgan fingerprint density at radius 3 is 2.23 bits per heavy atom. The van der Waals surface area contributed by atoms with Crippen molar-refractivity contribution in [2.24, 2.45) is 5.92 Å². The molecule has 2 fully saturated rings. The number of hydrogen-bond acceptors (Lipinski definition) is 4. The zero-order chi connectivity index (χ0) is 23.0. The zero-order valence-corrected chi connectivity index (χ0v) is 19.0. The number of carbonyl (C=O) groups is 4.